The second-order valence-corrected chi connectivity index (χ2v) is 7.75. The van der Waals surface area contributed by atoms with Gasteiger partial charge in [-0.3, -0.25) is 9.59 Å². The van der Waals surface area contributed by atoms with E-state index in [1.54, 1.807) is 12.1 Å². The molecule has 0 radical (unpaired) electrons. The highest BCUT2D eigenvalue weighted by Crippen LogP contribution is 2.38. The predicted octanol–water partition coefficient (Wildman–Crippen LogP) is 3.32. The Morgan fingerprint density at radius 1 is 1.15 bits per heavy atom. The maximum Gasteiger partial charge on any atom is 0.251 e. The quantitative estimate of drug-likeness (QED) is 0.850. The molecule has 3 aliphatic rings. The molecule has 1 heterocycles. The van der Waals surface area contributed by atoms with Crippen LogP contribution in [0.25, 0.3) is 0 Å². The summed E-state index contributed by atoms with van der Waals surface area (Å²) in [6, 6.07) is 6.42. The lowest BCUT2D eigenvalue weighted by atomic mass is 9.88. The fourth-order valence-electron chi connectivity index (χ4n) is 4.10. The SMILES string of the molecule is O=C(CC1=C2CCCCC2N(Cc2ccc(F)cc2)C1=O)NCC1CC1. The van der Waals surface area contributed by atoms with Crippen LogP contribution in [0.15, 0.2) is 35.4 Å². The summed E-state index contributed by atoms with van der Waals surface area (Å²) < 4.78 is 13.2. The topological polar surface area (TPSA) is 49.4 Å². The summed E-state index contributed by atoms with van der Waals surface area (Å²) in [5, 5.41) is 2.97. The molecule has 5 heteroatoms. The fourth-order valence-corrected chi connectivity index (χ4v) is 4.10. The Morgan fingerprint density at radius 3 is 2.65 bits per heavy atom. The summed E-state index contributed by atoms with van der Waals surface area (Å²) in [6.07, 6.45) is 6.62. The molecular weight excluding hydrogens is 331 g/mol. The average molecular weight is 356 g/mol. The van der Waals surface area contributed by atoms with E-state index in [2.05, 4.69) is 5.32 Å². The summed E-state index contributed by atoms with van der Waals surface area (Å²) in [5.74, 6) is 0.304. The molecule has 1 N–H and O–H groups in total. The first-order valence-corrected chi connectivity index (χ1v) is 9.66. The molecule has 26 heavy (non-hydrogen) atoms. The van der Waals surface area contributed by atoms with Crippen molar-refractivity contribution in [3.05, 3.63) is 46.8 Å². The van der Waals surface area contributed by atoms with Gasteiger partial charge in [0.15, 0.2) is 0 Å². The highest BCUT2D eigenvalue weighted by Gasteiger charge is 2.40. The number of amides is 2. The number of hydrogen-bond acceptors (Lipinski definition) is 2. The summed E-state index contributed by atoms with van der Waals surface area (Å²) in [6.45, 7) is 1.21. The van der Waals surface area contributed by atoms with E-state index in [9.17, 15) is 14.0 Å². The molecule has 2 aliphatic carbocycles. The molecule has 0 spiro atoms. The smallest absolute Gasteiger partial charge is 0.251 e. The van der Waals surface area contributed by atoms with Gasteiger partial charge in [0.25, 0.3) is 5.91 Å². The fraction of sp³-hybridized carbons (Fsp3) is 0.524. The molecule has 1 aromatic carbocycles. The Hall–Kier alpha value is -2.17. The third kappa shape index (κ3) is 3.67. The number of rotatable bonds is 6. The lowest BCUT2D eigenvalue weighted by Crippen LogP contribution is -2.36. The molecule has 2 saturated carbocycles. The minimum Gasteiger partial charge on any atom is -0.356 e. The van der Waals surface area contributed by atoms with Gasteiger partial charge in [-0.25, -0.2) is 4.39 Å². The van der Waals surface area contributed by atoms with E-state index in [4.69, 9.17) is 0 Å². The zero-order chi connectivity index (χ0) is 18.1. The molecule has 0 saturated heterocycles. The van der Waals surface area contributed by atoms with Crippen molar-refractivity contribution < 1.29 is 14.0 Å². The van der Waals surface area contributed by atoms with E-state index >= 15 is 0 Å². The van der Waals surface area contributed by atoms with Crippen molar-refractivity contribution in [1.82, 2.24) is 10.2 Å². The molecule has 2 amide bonds. The van der Waals surface area contributed by atoms with Gasteiger partial charge in [-0.05, 0) is 61.3 Å². The molecule has 1 aliphatic heterocycles. The van der Waals surface area contributed by atoms with Crippen molar-refractivity contribution in [3.63, 3.8) is 0 Å². The molecule has 4 rings (SSSR count). The standard InChI is InChI=1S/C21H25FN2O2/c22-16-9-7-15(8-10-16)13-24-19-4-2-1-3-17(19)18(21(24)26)11-20(25)23-12-14-5-6-14/h7-10,14,19H,1-6,11-13H2,(H,23,25). The van der Waals surface area contributed by atoms with Gasteiger partial charge in [-0.15, -0.1) is 0 Å². The number of benzene rings is 1. The van der Waals surface area contributed by atoms with Crippen LogP contribution in [0.2, 0.25) is 0 Å². The lowest BCUT2D eigenvalue weighted by molar-refractivity contribution is -0.129. The minimum absolute atomic E-state index is 0.0159. The van der Waals surface area contributed by atoms with Gasteiger partial charge in [-0.1, -0.05) is 18.6 Å². The summed E-state index contributed by atoms with van der Waals surface area (Å²) in [7, 11) is 0. The van der Waals surface area contributed by atoms with Crippen LogP contribution in [-0.4, -0.2) is 29.3 Å². The third-order valence-electron chi connectivity index (χ3n) is 5.75. The van der Waals surface area contributed by atoms with E-state index in [0.717, 1.165) is 43.4 Å². The second kappa shape index (κ2) is 7.22. The molecule has 4 nitrogen and oxygen atoms in total. The molecule has 1 unspecified atom stereocenters. The highest BCUT2D eigenvalue weighted by atomic mass is 19.1. The third-order valence-corrected chi connectivity index (χ3v) is 5.75. The van der Waals surface area contributed by atoms with Gasteiger partial charge in [-0.2, -0.15) is 0 Å². The van der Waals surface area contributed by atoms with Crippen molar-refractivity contribution in [3.8, 4) is 0 Å². The summed E-state index contributed by atoms with van der Waals surface area (Å²) in [5.41, 5.74) is 2.78. The first kappa shape index (κ1) is 17.3. The van der Waals surface area contributed by atoms with E-state index in [1.165, 1.54) is 25.0 Å². The largest absolute Gasteiger partial charge is 0.356 e. The van der Waals surface area contributed by atoms with Crippen LogP contribution in [0.4, 0.5) is 4.39 Å². The van der Waals surface area contributed by atoms with Gasteiger partial charge >= 0.3 is 0 Å². The molecule has 2 fully saturated rings. The van der Waals surface area contributed by atoms with Crippen molar-refractivity contribution >= 4 is 11.8 Å². The highest BCUT2D eigenvalue weighted by molar-refractivity contribution is 6.02. The van der Waals surface area contributed by atoms with Gasteiger partial charge in [0, 0.05) is 18.7 Å². The lowest BCUT2D eigenvalue weighted by Gasteiger charge is -2.30. The summed E-state index contributed by atoms with van der Waals surface area (Å²) in [4.78, 5) is 27.2. The van der Waals surface area contributed by atoms with E-state index in [-0.39, 0.29) is 30.1 Å². The Labute approximate surface area is 153 Å². The number of hydrogen-bond donors (Lipinski definition) is 1. The van der Waals surface area contributed by atoms with Gasteiger partial charge in [0.1, 0.15) is 5.82 Å². The second-order valence-electron chi connectivity index (χ2n) is 7.75. The number of carbonyl (C=O) groups excluding carboxylic acids is 2. The number of nitrogens with one attached hydrogen (secondary N) is 1. The Morgan fingerprint density at radius 2 is 1.92 bits per heavy atom. The first-order valence-electron chi connectivity index (χ1n) is 9.66. The zero-order valence-electron chi connectivity index (χ0n) is 15.0. The Balaban J connectivity index is 1.48. The normalized spacial score (nSPS) is 22.6. The van der Waals surface area contributed by atoms with Crippen LogP contribution < -0.4 is 5.32 Å². The van der Waals surface area contributed by atoms with Crippen LogP contribution in [-0.2, 0) is 16.1 Å². The van der Waals surface area contributed by atoms with Crippen LogP contribution >= 0.6 is 0 Å². The maximum atomic E-state index is 13.2. The number of fused-ring (bicyclic) bond motifs is 1. The van der Waals surface area contributed by atoms with E-state index in [1.807, 2.05) is 4.90 Å². The Kier molecular flexibility index (Phi) is 4.79. The minimum atomic E-state index is -0.272. The molecule has 1 atom stereocenters. The maximum absolute atomic E-state index is 13.2. The van der Waals surface area contributed by atoms with Gasteiger partial charge in [0.2, 0.25) is 5.91 Å². The summed E-state index contributed by atoms with van der Waals surface area (Å²) >= 11 is 0. The van der Waals surface area contributed by atoms with Crippen LogP contribution in [0.1, 0.15) is 50.5 Å². The van der Waals surface area contributed by atoms with Gasteiger partial charge in [0.05, 0.1) is 12.5 Å². The van der Waals surface area contributed by atoms with Crippen LogP contribution in [0.5, 0.6) is 0 Å². The zero-order valence-corrected chi connectivity index (χ0v) is 15.0. The van der Waals surface area contributed by atoms with Crippen molar-refractivity contribution in [2.24, 2.45) is 5.92 Å². The Bertz CT molecular complexity index is 737. The van der Waals surface area contributed by atoms with Crippen molar-refractivity contribution in [2.75, 3.05) is 6.54 Å². The van der Waals surface area contributed by atoms with Crippen LogP contribution in [0.3, 0.4) is 0 Å². The average Bonchev–Trinajstić information content (AvgIpc) is 3.44. The number of halogens is 1. The molecular formula is C21H25FN2O2. The molecule has 0 aromatic heterocycles. The first-order chi connectivity index (χ1) is 12.6. The molecule has 1 aromatic rings. The van der Waals surface area contributed by atoms with Gasteiger partial charge < -0.3 is 10.2 Å². The number of carbonyl (C=O) groups is 2. The van der Waals surface area contributed by atoms with Crippen LogP contribution in [0, 0.1) is 11.7 Å². The van der Waals surface area contributed by atoms with E-state index in [0.29, 0.717) is 18.0 Å². The molecule has 0 bridgehead atoms. The van der Waals surface area contributed by atoms with Crippen molar-refractivity contribution in [1.29, 1.82) is 0 Å². The molecule has 138 valence electrons. The van der Waals surface area contributed by atoms with Crippen molar-refractivity contribution in [2.45, 2.75) is 57.5 Å². The van der Waals surface area contributed by atoms with E-state index < -0.39 is 0 Å². The predicted molar refractivity (Wildman–Crippen MR) is 96.6 cm³/mol. The number of nitrogens with zero attached hydrogens (tertiary/aromatic N) is 1. The monoisotopic (exact) mass is 356 g/mol.